The van der Waals surface area contributed by atoms with Crippen molar-refractivity contribution in [3.8, 4) is 17.2 Å². The van der Waals surface area contributed by atoms with Gasteiger partial charge in [-0.25, -0.2) is 28.5 Å². The summed E-state index contributed by atoms with van der Waals surface area (Å²) in [5, 5.41) is 11.2. The zero-order valence-electron chi connectivity index (χ0n) is 27.1. The van der Waals surface area contributed by atoms with Crippen molar-refractivity contribution in [2.75, 3.05) is 14.2 Å². The van der Waals surface area contributed by atoms with Crippen LogP contribution in [0.25, 0.3) is 11.0 Å². The number of hydrogen-bond donors (Lipinski definition) is 1. The van der Waals surface area contributed by atoms with Gasteiger partial charge >= 0.3 is 11.4 Å². The van der Waals surface area contributed by atoms with Crippen molar-refractivity contribution >= 4 is 22.6 Å². The second-order valence-corrected chi connectivity index (χ2v) is 12.3. The third-order valence-corrected chi connectivity index (χ3v) is 9.71. The van der Waals surface area contributed by atoms with E-state index in [0.717, 1.165) is 4.57 Å². The van der Waals surface area contributed by atoms with Gasteiger partial charge in [0, 0.05) is 66.8 Å². The second kappa shape index (κ2) is 11.2. The molecule has 0 radical (unpaired) electrons. The van der Waals surface area contributed by atoms with Crippen molar-refractivity contribution in [2.24, 2.45) is 7.05 Å². The first kappa shape index (κ1) is 30.9. The van der Waals surface area contributed by atoms with E-state index in [1.165, 1.54) is 34.2 Å². The molecule has 0 unspecified atom stereocenters. The summed E-state index contributed by atoms with van der Waals surface area (Å²) in [4.78, 5) is 72.6. The Hall–Kier alpha value is -5.72. The fourth-order valence-corrected chi connectivity index (χ4v) is 7.23. The summed E-state index contributed by atoms with van der Waals surface area (Å²) in [5.74, 6) is -0.541. The van der Waals surface area contributed by atoms with Gasteiger partial charge in [0.1, 0.15) is 11.4 Å². The molecular weight excluding hydrogens is 618 g/mol. The third kappa shape index (κ3) is 4.44. The van der Waals surface area contributed by atoms with Crippen molar-refractivity contribution in [1.29, 1.82) is 0 Å². The summed E-state index contributed by atoms with van der Waals surface area (Å²) >= 11 is 0. The number of carbonyl (C=O) groups excluding carboxylic acids is 2. The van der Waals surface area contributed by atoms with Crippen LogP contribution in [-0.2, 0) is 36.1 Å². The van der Waals surface area contributed by atoms with E-state index in [4.69, 9.17) is 9.47 Å². The SMILES string of the molecule is COc1cc2nc(CCn3c(=O)n4n(c3=O)[C@@H]3CC5=C(C(=O)C(C)=CC5=O)[C@@H](c5cccc(C)c5O)C3=CC4)c(=O)n(C)c2cc1OC. The van der Waals surface area contributed by atoms with E-state index in [2.05, 4.69) is 4.98 Å². The highest BCUT2D eigenvalue weighted by atomic mass is 16.5. The van der Waals surface area contributed by atoms with Gasteiger partial charge in [-0.2, -0.15) is 0 Å². The molecule has 246 valence electrons. The van der Waals surface area contributed by atoms with Crippen molar-refractivity contribution in [3.05, 3.63) is 113 Å². The van der Waals surface area contributed by atoms with Gasteiger partial charge in [0.2, 0.25) is 0 Å². The summed E-state index contributed by atoms with van der Waals surface area (Å²) in [6.07, 6.45) is 3.13. The van der Waals surface area contributed by atoms with Crippen LogP contribution in [0.2, 0.25) is 0 Å². The number of ether oxygens (including phenoxy) is 2. The number of carbonyl (C=O) groups is 2. The molecule has 0 saturated heterocycles. The number of methoxy groups -OCH3 is 2. The topological polar surface area (TPSA) is 157 Å². The minimum Gasteiger partial charge on any atom is -0.507 e. The Morgan fingerprint density at radius 3 is 2.46 bits per heavy atom. The number of allylic oxidation sites excluding steroid dienone is 6. The third-order valence-electron chi connectivity index (χ3n) is 9.71. The highest BCUT2D eigenvalue weighted by Crippen LogP contribution is 2.51. The normalized spacial score (nSPS) is 18.7. The van der Waals surface area contributed by atoms with Gasteiger partial charge in [0.05, 0.1) is 37.8 Å². The van der Waals surface area contributed by atoms with E-state index in [1.54, 1.807) is 57.3 Å². The Morgan fingerprint density at radius 2 is 1.73 bits per heavy atom. The summed E-state index contributed by atoms with van der Waals surface area (Å²) < 4.78 is 15.9. The number of aryl methyl sites for hydroxylation is 3. The van der Waals surface area contributed by atoms with Crippen LogP contribution in [0.4, 0.5) is 0 Å². The van der Waals surface area contributed by atoms with Gasteiger partial charge in [0.15, 0.2) is 23.1 Å². The number of rotatable bonds is 6. The number of aromatic nitrogens is 5. The number of phenolic OH excluding ortho intramolecular Hbond substituents is 1. The fourth-order valence-electron chi connectivity index (χ4n) is 7.23. The molecular formula is C35H33N5O8. The van der Waals surface area contributed by atoms with Crippen LogP contribution < -0.4 is 26.4 Å². The summed E-state index contributed by atoms with van der Waals surface area (Å²) in [5.41, 5.74) is 2.15. The lowest BCUT2D eigenvalue weighted by Gasteiger charge is -2.39. The molecule has 0 saturated carbocycles. The number of para-hydroxylation sites is 1. The van der Waals surface area contributed by atoms with E-state index >= 15 is 0 Å². The van der Waals surface area contributed by atoms with Crippen LogP contribution in [-0.4, -0.2) is 54.4 Å². The highest BCUT2D eigenvalue weighted by Gasteiger charge is 2.45. The molecule has 13 heteroatoms. The minimum absolute atomic E-state index is 0.00299. The number of fused-ring (bicyclic) bond motifs is 4. The number of phenols is 1. The van der Waals surface area contributed by atoms with E-state index in [9.17, 15) is 29.1 Å². The molecule has 48 heavy (non-hydrogen) atoms. The molecule has 2 aromatic heterocycles. The Bertz CT molecular complexity index is 2380. The molecule has 2 atom stereocenters. The van der Waals surface area contributed by atoms with Gasteiger partial charge in [-0.1, -0.05) is 24.3 Å². The molecule has 1 aliphatic heterocycles. The summed E-state index contributed by atoms with van der Waals surface area (Å²) in [6, 6.07) is 7.78. The molecule has 0 bridgehead atoms. The van der Waals surface area contributed by atoms with Gasteiger partial charge in [-0.05, 0) is 31.1 Å². The largest absolute Gasteiger partial charge is 0.507 e. The molecule has 2 aromatic carbocycles. The van der Waals surface area contributed by atoms with E-state index in [0.29, 0.717) is 50.4 Å². The molecule has 0 spiro atoms. The van der Waals surface area contributed by atoms with Crippen LogP contribution in [0.3, 0.4) is 0 Å². The molecule has 3 heterocycles. The molecule has 0 amide bonds. The first-order valence-corrected chi connectivity index (χ1v) is 15.5. The molecule has 2 aliphatic carbocycles. The lowest BCUT2D eigenvalue weighted by molar-refractivity contribution is -0.116. The zero-order chi connectivity index (χ0) is 34.2. The molecule has 3 aliphatic rings. The maximum Gasteiger partial charge on any atom is 0.347 e. The number of benzene rings is 2. The van der Waals surface area contributed by atoms with Crippen LogP contribution in [0, 0.1) is 6.92 Å². The van der Waals surface area contributed by atoms with Gasteiger partial charge < -0.3 is 19.1 Å². The Kier molecular flexibility index (Phi) is 7.22. The van der Waals surface area contributed by atoms with Gasteiger partial charge in [-0.3, -0.25) is 14.4 Å². The predicted molar refractivity (Wildman–Crippen MR) is 175 cm³/mol. The lowest BCUT2D eigenvalue weighted by Crippen LogP contribution is -2.41. The monoisotopic (exact) mass is 651 g/mol. The second-order valence-electron chi connectivity index (χ2n) is 12.3. The summed E-state index contributed by atoms with van der Waals surface area (Å²) in [6.45, 7) is 3.25. The van der Waals surface area contributed by atoms with Gasteiger partial charge in [-0.15, -0.1) is 0 Å². The van der Waals surface area contributed by atoms with Crippen LogP contribution >= 0.6 is 0 Å². The average molecular weight is 652 g/mol. The number of hydrogen-bond acceptors (Lipinski definition) is 9. The lowest BCUT2D eigenvalue weighted by atomic mass is 9.67. The maximum atomic E-state index is 14.1. The smallest absolute Gasteiger partial charge is 0.347 e. The van der Waals surface area contributed by atoms with Crippen LogP contribution in [0.1, 0.15) is 42.1 Å². The van der Waals surface area contributed by atoms with Crippen molar-refractivity contribution < 1.29 is 24.2 Å². The molecule has 4 aromatic rings. The van der Waals surface area contributed by atoms with Crippen molar-refractivity contribution in [1.82, 2.24) is 23.5 Å². The zero-order valence-corrected chi connectivity index (χ0v) is 27.1. The fraction of sp³-hybridized carbons (Fsp3) is 0.314. The van der Waals surface area contributed by atoms with Crippen LogP contribution in [0.15, 0.2) is 79.2 Å². The Labute approximate surface area is 273 Å². The van der Waals surface area contributed by atoms with E-state index in [1.807, 2.05) is 0 Å². The minimum atomic E-state index is -0.793. The number of ketones is 2. The quantitative estimate of drug-likeness (QED) is 0.244. The van der Waals surface area contributed by atoms with Crippen molar-refractivity contribution in [2.45, 2.75) is 51.7 Å². The number of aromatic hydroxyl groups is 1. The van der Waals surface area contributed by atoms with E-state index in [-0.39, 0.29) is 60.1 Å². The van der Waals surface area contributed by atoms with Crippen LogP contribution in [0.5, 0.6) is 17.2 Å². The molecule has 1 N–H and O–H groups in total. The highest BCUT2D eigenvalue weighted by molar-refractivity contribution is 6.23. The standard InChI is InChI=1S/C35H33N5O8/c1-17-7-6-8-20(31(17)42)29-19-9-12-39-34(45)38(35(46)40(39)24(19)14-21-26(41)13-18(2)32(43)30(21)29)11-10-22-33(44)37(3)25-16-28(48-5)27(47-4)15-23(25)36-22/h6-9,13,15-16,24,29,42H,10-12,14H2,1-5H3/t24-,29-/m1/s1. The Balaban J connectivity index is 1.30. The summed E-state index contributed by atoms with van der Waals surface area (Å²) in [7, 11) is 4.60. The maximum absolute atomic E-state index is 14.1. The molecule has 13 nitrogen and oxygen atoms in total. The first-order valence-electron chi connectivity index (χ1n) is 15.5. The number of Topliss-reactive ketones (excluding diaryl/α,β-unsaturated/α-hetero) is 1. The van der Waals surface area contributed by atoms with Crippen molar-refractivity contribution in [3.63, 3.8) is 0 Å². The predicted octanol–water partition coefficient (Wildman–Crippen LogP) is 2.40. The van der Waals surface area contributed by atoms with E-state index < -0.39 is 23.3 Å². The number of nitrogens with zero attached hydrogens (tertiary/aromatic N) is 5. The average Bonchev–Trinajstić information content (AvgIpc) is 3.32. The van der Waals surface area contributed by atoms with Gasteiger partial charge in [0.25, 0.3) is 5.56 Å². The molecule has 7 rings (SSSR count). The Morgan fingerprint density at radius 1 is 1.00 bits per heavy atom. The first-order chi connectivity index (χ1) is 23.0. The molecule has 0 fully saturated rings.